The van der Waals surface area contributed by atoms with E-state index in [-0.39, 0.29) is 26.2 Å². The third kappa shape index (κ3) is 9.21. The number of hydrogen-bond acceptors (Lipinski definition) is 4. The van der Waals surface area contributed by atoms with Crippen LogP contribution in [0.5, 0.6) is 0 Å². The summed E-state index contributed by atoms with van der Waals surface area (Å²) in [6, 6.07) is 12.9. The first kappa shape index (κ1) is 31.5. The number of ether oxygens (including phenoxy) is 1. The molecule has 0 aromatic heterocycles. The van der Waals surface area contributed by atoms with Gasteiger partial charge in [-0.25, -0.2) is 4.79 Å². The molecule has 37 heavy (non-hydrogen) atoms. The van der Waals surface area contributed by atoms with E-state index < -0.39 is 12.0 Å². The minimum atomic E-state index is -0.976. The van der Waals surface area contributed by atoms with Gasteiger partial charge in [0, 0.05) is 19.2 Å². The molecule has 1 amide bonds. The Balaban J connectivity index is 0.00000361. The predicted octanol–water partition coefficient (Wildman–Crippen LogP) is 3.93. The molecule has 2 aromatic rings. The molecule has 2 aromatic carbocycles. The van der Waals surface area contributed by atoms with E-state index in [1.54, 1.807) is 18.8 Å². The van der Waals surface area contributed by atoms with Crippen LogP contribution < -0.4 is 18.9 Å². The molecule has 0 radical (unpaired) electrons. The third-order valence-corrected chi connectivity index (χ3v) is 7.96. The monoisotopic (exact) mass is 519 g/mol. The van der Waals surface area contributed by atoms with E-state index in [0.717, 1.165) is 41.2 Å². The average molecular weight is 520 g/mol. The van der Waals surface area contributed by atoms with Crippen LogP contribution in [-0.2, 0) is 16.1 Å². The van der Waals surface area contributed by atoms with Gasteiger partial charge in [0.1, 0.15) is 6.04 Å². The summed E-state index contributed by atoms with van der Waals surface area (Å²) in [5, 5.41) is 9.74. The maximum absolute atomic E-state index is 13.5. The molecule has 1 N–H and O–H groups in total. The first-order chi connectivity index (χ1) is 17.4. The van der Waals surface area contributed by atoms with Crippen LogP contribution in [0.25, 0.3) is 11.1 Å². The van der Waals surface area contributed by atoms with Crippen molar-refractivity contribution in [1.29, 1.82) is 0 Å². The topological polar surface area (TPSA) is 66.8 Å². The number of carboxylic acid groups (broad SMARTS) is 1. The molecule has 3 rings (SSSR count). The number of amides is 1. The second kappa shape index (κ2) is 16.3. The van der Waals surface area contributed by atoms with Gasteiger partial charge < -0.3 is 16.2 Å². The summed E-state index contributed by atoms with van der Waals surface area (Å²) in [6.45, 7) is 3.27. The number of rotatable bonds is 13. The first-order valence-corrected chi connectivity index (χ1v) is 14.6. The molecule has 0 aliphatic heterocycles. The van der Waals surface area contributed by atoms with Crippen molar-refractivity contribution >= 4 is 23.6 Å². The number of aliphatic carboxylic acids is 1. The van der Waals surface area contributed by atoms with Gasteiger partial charge >= 0.3 is 24.8 Å². The van der Waals surface area contributed by atoms with Crippen molar-refractivity contribution in [2.75, 3.05) is 25.7 Å². The van der Waals surface area contributed by atoms with Crippen molar-refractivity contribution < 1.29 is 39.7 Å². The van der Waals surface area contributed by atoms with Crippen LogP contribution in [0.1, 0.15) is 74.3 Å². The number of carbonyl (C=O) groups excluding carboxylic acids is 1. The number of carboxylic acids is 1. The van der Waals surface area contributed by atoms with Crippen LogP contribution in [0.3, 0.4) is 0 Å². The number of aryl methyl sites for hydroxylation is 1. The summed E-state index contributed by atoms with van der Waals surface area (Å²) in [7, 11) is 1.59. The van der Waals surface area contributed by atoms with Gasteiger partial charge in [-0.15, -0.1) is 0 Å². The minimum Gasteiger partial charge on any atom is -1.00 e. The molecular formula is C30H42LiNO4S. The summed E-state index contributed by atoms with van der Waals surface area (Å²) in [5.41, 5.74) is 4.40. The summed E-state index contributed by atoms with van der Waals surface area (Å²) in [4.78, 5) is 26.8. The summed E-state index contributed by atoms with van der Waals surface area (Å²) >= 11 is 1.58. The molecule has 1 aliphatic rings. The van der Waals surface area contributed by atoms with Crippen molar-refractivity contribution in [3.8, 4) is 11.1 Å². The van der Waals surface area contributed by atoms with Crippen molar-refractivity contribution in [3.05, 3.63) is 59.2 Å². The summed E-state index contributed by atoms with van der Waals surface area (Å²) in [5.74, 6) is 0.288. The number of likely N-dealkylation sites (N-methyl/N-ethyl adjacent to an activating group) is 1. The van der Waals surface area contributed by atoms with Gasteiger partial charge in [0.05, 0.1) is 6.61 Å². The zero-order valence-electron chi connectivity index (χ0n) is 24.0. The van der Waals surface area contributed by atoms with E-state index >= 15 is 0 Å². The Labute approximate surface area is 240 Å². The van der Waals surface area contributed by atoms with Crippen LogP contribution in [0, 0.1) is 12.8 Å². The second-order valence-electron chi connectivity index (χ2n) is 9.95. The van der Waals surface area contributed by atoms with E-state index in [4.69, 9.17) is 4.74 Å². The van der Waals surface area contributed by atoms with Crippen molar-refractivity contribution in [2.45, 2.75) is 70.9 Å². The van der Waals surface area contributed by atoms with Gasteiger partial charge in [0.25, 0.3) is 5.91 Å². The Hall–Kier alpha value is -1.71. The molecule has 0 unspecified atom stereocenters. The number of benzene rings is 2. The zero-order valence-corrected chi connectivity index (χ0v) is 23.8. The Bertz CT molecular complexity index is 1020. The summed E-state index contributed by atoms with van der Waals surface area (Å²) in [6.07, 6.45) is 11.5. The average Bonchev–Trinajstić information content (AvgIpc) is 2.89. The molecule has 1 saturated carbocycles. The predicted molar refractivity (Wildman–Crippen MR) is 150 cm³/mol. The number of thioether (sulfide) groups is 1. The molecule has 1 aliphatic carbocycles. The van der Waals surface area contributed by atoms with E-state index in [9.17, 15) is 14.7 Å². The van der Waals surface area contributed by atoms with Gasteiger partial charge in [-0.1, -0.05) is 62.4 Å². The van der Waals surface area contributed by atoms with E-state index in [1.807, 2.05) is 55.6 Å². The van der Waals surface area contributed by atoms with E-state index in [1.165, 1.54) is 43.4 Å². The van der Waals surface area contributed by atoms with Gasteiger partial charge in [0.15, 0.2) is 0 Å². The number of nitrogens with zero attached hydrogens (tertiary/aromatic N) is 1. The van der Waals surface area contributed by atoms with E-state index in [0.29, 0.717) is 24.3 Å². The van der Waals surface area contributed by atoms with Crippen LogP contribution in [0.4, 0.5) is 0 Å². The normalized spacial score (nSPS) is 14.6. The molecule has 1 atom stereocenters. The molecular weight excluding hydrogens is 477 g/mol. The minimum absolute atomic E-state index is 0. The van der Waals surface area contributed by atoms with Crippen LogP contribution in [-0.4, -0.2) is 53.6 Å². The van der Waals surface area contributed by atoms with Crippen molar-refractivity contribution in [2.24, 2.45) is 5.92 Å². The molecule has 0 heterocycles. The van der Waals surface area contributed by atoms with Crippen LogP contribution in [0.15, 0.2) is 42.5 Å². The fourth-order valence-corrected chi connectivity index (χ4v) is 5.61. The molecule has 1 fully saturated rings. The zero-order chi connectivity index (χ0) is 25.9. The summed E-state index contributed by atoms with van der Waals surface area (Å²) < 4.78 is 6.02. The third-order valence-electron chi connectivity index (χ3n) is 7.31. The second-order valence-corrected chi connectivity index (χ2v) is 10.9. The molecule has 5 nitrogen and oxygen atoms in total. The standard InChI is InChI=1S/C30H41NO4S.Li.H/c1-22-10-7-8-14-25(22)27-20-24(21-35-18-9-13-23-11-5-4-6-12-23)15-16-26(27)29(32)31(2)28(30(33)34)17-19-36-3;;/h7-8,10,14-16,20,23,28H,4-6,9,11-13,17-19,21H2,1-3H3,(H,33,34);;/q;+1;-1/t28-;;/m0../s1. The maximum atomic E-state index is 13.5. The molecule has 7 heteroatoms. The van der Waals surface area contributed by atoms with Gasteiger partial charge in [0.2, 0.25) is 0 Å². The molecule has 198 valence electrons. The van der Waals surface area contributed by atoms with Crippen molar-refractivity contribution in [3.63, 3.8) is 0 Å². The van der Waals surface area contributed by atoms with Crippen LogP contribution in [0.2, 0.25) is 0 Å². The van der Waals surface area contributed by atoms with Crippen molar-refractivity contribution in [1.82, 2.24) is 4.90 Å². The Morgan fingerprint density at radius 2 is 1.86 bits per heavy atom. The smallest absolute Gasteiger partial charge is 1.00 e. The Morgan fingerprint density at radius 1 is 1.14 bits per heavy atom. The Kier molecular flexibility index (Phi) is 13.9. The SMILES string of the molecule is CSCC[C@@H](C(=O)O)N(C)C(=O)c1ccc(COCCCC2CCCCC2)cc1-c1ccccc1C.[H-].[Li+]. The fraction of sp³-hybridized carbons (Fsp3) is 0.533. The molecule has 0 saturated heterocycles. The quantitative estimate of drug-likeness (QED) is 0.321. The molecule has 0 bridgehead atoms. The number of carbonyl (C=O) groups is 2. The first-order valence-electron chi connectivity index (χ1n) is 13.2. The maximum Gasteiger partial charge on any atom is 1.00 e. The van der Waals surface area contributed by atoms with Gasteiger partial charge in [-0.05, 0) is 78.5 Å². The largest absolute Gasteiger partial charge is 1.00 e. The van der Waals surface area contributed by atoms with E-state index in [2.05, 4.69) is 0 Å². The molecule has 0 spiro atoms. The van der Waals surface area contributed by atoms with Gasteiger partial charge in [-0.3, -0.25) is 4.79 Å². The number of hydrogen-bond donors (Lipinski definition) is 1. The Morgan fingerprint density at radius 3 is 2.54 bits per heavy atom. The van der Waals surface area contributed by atoms with Gasteiger partial charge in [-0.2, -0.15) is 11.8 Å². The fourth-order valence-electron chi connectivity index (χ4n) is 5.15. The van der Waals surface area contributed by atoms with Crippen LogP contribution >= 0.6 is 11.8 Å².